The third-order valence-electron chi connectivity index (χ3n) is 2.28. The number of halogens is 13. The Labute approximate surface area is 127 Å². The molecule has 0 aromatic heterocycles. The molecule has 25 heavy (non-hydrogen) atoms. The normalized spacial score (nSPS) is 17.0. The fourth-order valence-electron chi connectivity index (χ4n) is 1.11. The quantitative estimate of drug-likeness (QED) is 0.395. The summed E-state index contributed by atoms with van der Waals surface area (Å²) in [7, 11) is -7.67. The van der Waals surface area contributed by atoms with Crippen molar-refractivity contribution in [2.75, 3.05) is 0 Å². The van der Waals surface area contributed by atoms with Crippen molar-refractivity contribution in [3.63, 3.8) is 0 Å². The minimum Gasteiger partial charge on any atom is -0.399 e. The van der Waals surface area contributed by atoms with Crippen LogP contribution < -0.4 is 0 Å². The lowest BCUT2D eigenvalue weighted by atomic mass is 9.95. The summed E-state index contributed by atoms with van der Waals surface area (Å²) in [6.45, 7) is 0. The monoisotopic (exact) mass is 428 g/mol. The predicted octanol–water partition coefficient (Wildman–Crippen LogP) is 4.02. The summed E-state index contributed by atoms with van der Waals surface area (Å²) < 4.78 is 193. The Morgan fingerprint density at radius 2 is 1.16 bits per heavy atom. The highest BCUT2D eigenvalue weighted by Gasteiger charge is 2.93. The van der Waals surface area contributed by atoms with Gasteiger partial charge in [0.15, 0.2) is 0 Å². The predicted molar refractivity (Wildman–Crippen MR) is 47.7 cm³/mol. The van der Waals surface area contributed by atoms with E-state index in [9.17, 15) is 65.5 Å². The molecule has 0 aromatic rings. The van der Waals surface area contributed by atoms with Gasteiger partial charge >= 0.3 is 51.3 Å². The first-order valence-electron chi connectivity index (χ1n) is 4.84. The first-order chi connectivity index (χ1) is 10.6. The Morgan fingerprint density at radius 3 is 1.40 bits per heavy atom. The van der Waals surface area contributed by atoms with Crippen LogP contribution in [0.2, 0.25) is 0 Å². The van der Waals surface area contributed by atoms with E-state index in [0.717, 1.165) is 0 Å². The van der Waals surface area contributed by atoms with E-state index in [4.69, 9.17) is 4.55 Å². The number of hydrogen-bond donors (Lipinski definition) is 1. The topological polar surface area (TPSA) is 63.6 Å². The van der Waals surface area contributed by atoms with Crippen LogP contribution in [-0.4, -0.2) is 42.1 Å². The summed E-state index contributed by atoms with van der Waals surface area (Å²) in [4.78, 5) is 0. The first kappa shape index (κ1) is 23.5. The standard InChI is InChI=1S/C7HF13O4S/c8-1(9)2(10)24-6(17,18)3(11,5(14,15)16)4(12,13)7(19,20)25(21,22)23/h(H,21,22,23). The molecule has 0 saturated carbocycles. The van der Waals surface area contributed by atoms with Gasteiger partial charge in [-0.2, -0.15) is 61.1 Å². The third-order valence-corrected chi connectivity index (χ3v) is 3.18. The van der Waals surface area contributed by atoms with Gasteiger partial charge in [-0.05, 0) is 0 Å². The summed E-state index contributed by atoms with van der Waals surface area (Å²) in [5.74, 6) is -8.09. The number of ether oxygens (including phenoxy) is 1. The first-order valence-corrected chi connectivity index (χ1v) is 6.28. The molecule has 150 valence electrons. The van der Waals surface area contributed by atoms with Gasteiger partial charge in [-0.1, -0.05) is 0 Å². The van der Waals surface area contributed by atoms with Crippen LogP contribution >= 0.6 is 0 Å². The molecular weight excluding hydrogens is 427 g/mol. The lowest BCUT2D eigenvalue weighted by molar-refractivity contribution is -0.439. The number of hydrogen-bond acceptors (Lipinski definition) is 3. The summed E-state index contributed by atoms with van der Waals surface area (Å²) in [6.07, 6.45) is -19.5. The van der Waals surface area contributed by atoms with E-state index in [0.29, 0.717) is 0 Å². The molecule has 0 aromatic carbocycles. The van der Waals surface area contributed by atoms with Crippen LogP contribution in [0.3, 0.4) is 0 Å². The number of alkyl halides is 10. The van der Waals surface area contributed by atoms with Gasteiger partial charge in [0, 0.05) is 0 Å². The van der Waals surface area contributed by atoms with Crippen molar-refractivity contribution < 1.29 is 74.8 Å². The molecule has 0 fully saturated rings. The zero-order valence-corrected chi connectivity index (χ0v) is 11.3. The second kappa shape index (κ2) is 6.06. The van der Waals surface area contributed by atoms with Gasteiger partial charge in [-0.15, -0.1) is 0 Å². The van der Waals surface area contributed by atoms with Gasteiger partial charge in [0.05, 0.1) is 0 Å². The zero-order valence-electron chi connectivity index (χ0n) is 10.5. The molecule has 0 aliphatic heterocycles. The highest BCUT2D eigenvalue weighted by Crippen LogP contribution is 2.60. The van der Waals surface area contributed by atoms with Crippen molar-refractivity contribution in [3.05, 3.63) is 12.1 Å². The molecule has 0 bridgehead atoms. The minimum atomic E-state index is -8.10. The minimum absolute atomic E-state index is 1.73. The van der Waals surface area contributed by atoms with Crippen LogP contribution in [0, 0.1) is 0 Å². The summed E-state index contributed by atoms with van der Waals surface area (Å²) >= 11 is 0. The molecule has 0 radical (unpaired) electrons. The van der Waals surface area contributed by atoms with Crippen LogP contribution in [0.1, 0.15) is 0 Å². The molecule has 1 atom stereocenters. The summed E-state index contributed by atoms with van der Waals surface area (Å²) in [5.41, 5.74) is -8.10. The lowest BCUT2D eigenvalue weighted by Gasteiger charge is -2.40. The van der Waals surface area contributed by atoms with Gasteiger partial charge in [0.2, 0.25) is 0 Å². The Hall–Kier alpha value is -1.46. The van der Waals surface area contributed by atoms with Crippen molar-refractivity contribution in [2.24, 2.45) is 0 Å². The Morgan fingerprint density at radius 1 is 0.800 bits per heavy atom. The van der Waals surface area contributed by atoms with E-state index >= 15 is 0 Å². The van der Waals surface area contributed by atoms with Gasteiger partial charge in [0.1, 0.15) is 0 Å². The molecule has 1 N–H and O–H groups in total. The average molecular weight is 428 g/mol. The SMILES string of the molecule is O=S(=O)(O)C(F)(F)C(F)(F)C(F)(C(F)(F)F)C(F)(F)OC(F)=C(F)F. The molecular formula is C7HF13O4S. The maximum Gasteiger partial charge on any atom is 0.450 e. The Kier molecular flexibility index (Phi) is 5.71. The molecule has 1 unspecified atom stereocenters. The maximum absolute atomic E-state index is 13.5. The van der Waals surface area contributed by atoms with E-state index < -0.39 is 51.3 Å². The van der Waals surface area contributed by atoms with Crippen molar-refractivity contribution in [2.45, 2.75) is 29.1 Å². The average Bonchev–Trinajstić information content (AvgIpc) is 2.33. The van der Waals surface area contributed by atoms with Crippen LogP contribution in [0.15, 0.2) is 12.1 Å². The fraction of sp³-hybridized carbons (Fsp3) is 0.714. The second-order valence-corrected chi connectivity index (χ2v) is 5.34. The van der Waals surface area contributed by atoms with Gasteiger partial charge < -0.3 is 4.74 Å². The largest absolute Gasteiger partial charge is 0.450 e. The molecule has 0 rings (SSSR count). The molecule has 0 amide bonds. The second-order valence-electron chi connectivity index (χ2n) is 3.88. The highest BCUT2D eigenvalue weighted by molar-refractivity contribution is 7.87. The van der Waals surface area contributed by atoms with E-state index in [1.165, 1.54) is 0 Å². The van der Waals surface area contributed by atoms with Gasteiger partial charge in [-0.3, -0.25) is 4.55 Å². The van der Waals surface area contributed by atoms with Crippen LogP contribution in [0.25, 0.3) is 0 Å². The highest BCUT2D eigenvalue weighted by atomic mass is 32.2. The van der Waals surface area contributed by atoms with Crippen LogP contribution in [-0.2, 0) is 14.9 Å². The van der Waals surface area contributed by atoms with Gasteiger partial charge in [0.25, 0.3) is 0 Å². The Balaban J connectivity index is 6.79. The van der Waals surface area contributed by atoms with Crippen molar-refractivity contribution in [3.8, 4) is 0 Å². The van der Waals surface area contributed by atoms with E-state index in [-0.39, 0.29) is 0 Å². The van der Waals surface area contributed by atoms with Crippen molar-refractivity contribution in [1.82, 2.24) is 0 Å². The molecule has 0 aliphatic carbocycles. The molecule has 0 spiro atoms. The van der Waals surface area contributed by atoms with E-state index in [1.807, 2.05) is 0 Å². The molecule has 18 heteroatoms. The Bertz CT molecular complexity index is 646. The maximum atomic E-state index is 13.5. The van der Waals surface area contributed by atoms with E-state index in [2.05, 4.69) is 0 Å². The summed E-state index contributed by atoms with van der Waals surface area (Å²) in [5, 5.41) is -7.58. The lowest BCUT2D eigenvalue weighted by Crippen LogP contribution is -2.72. The third kappa shape index (κ3) is 3.44. The van der Waals surface area contributed by atoms with Crippen molar-refractivity contribution in [1.29, 1.82) is 0 Å². The smallest absolute Gasteiger partial charge is 0.399 e. The summed E-state index contributed by atoms with van der Waals surface area (Å²) in [6, 6.07) is -4.07. The molecule has 0 heterocycles. The number of rotatable bonds is 6. The molecule has 4 nitrogen and oxygen atoms in total. The fourth-order valence-corrected chi connectivity index (χ4v) is 1.57. The zero-order chi connectivity index (χ0) is 20.9. The van der Waals surface area contributed by atoms with E-state index in [1.54, 1.807) is 4.74 Å². The van der Waals surface area contributed by atoms with Crippen LogP contribution in [0.4, 0.5) is 57.1 Å². The molecule has 0 aliphatic rings. The van der Waals surface area contributed by atoms with Crippen molar-refractivity contribution >= 4 is 10.1 Å². The van der Waals surface area contributed by atoms with Gasteiger partial charge in [-0.25, -0.2) is 4.39 Å². The van der Waals surface area contributed by atoms with Crippen LogP contribution in [0.5, 0.6) is 0 Å². The molecule has 0 saturated heterocycles.